The van der Waals surface area contributed by atoms with E-state index in [1.165, 1.54) is 40.5 Å². The van der Waals surface area contributed by atoms with Crippen molar-refractivity contribution in [2.45, 2.75) is 19.4 Å². The van der Waals surface area contributed by atoms with Crippen molar-refractivity contribution in [3.63, 3.8) is 0 Å². The predicted octanol–water partition coefficient (Wildman–Crippen LogP) is 5.23. The second-order valence-corrected chi connectivity index (χ2v) is 7.67. The van der Waals surface area contributed by atoms with Gasteiger partial charge in [0.1, 0.15) is 5.82 Å². The van der Waals surface area contributed by atoms with E-state index >= 15 is 0 Å². The van der Waals surface area contributed by atoms with Gasteiger partial charge < -0.3 is 5.11 Å². The summed E-state index contributed by atoms with van der Waals surface area (Å²) in [6.07, 6.45) is 0.848. The number of aryl methyl sites for hydroxylation is 1. The van der Waals surface area contributed by atoms with E-state index in [1.54, 1.807) is 29.6 Å². The molecule has 0 radical (unpaired) electrons. The molecule has 2 aromatic carbocycles. The molecule has 1 aliphatic heterocycles. The van der Waals surface area contributed by atoms with Gasteiger partial charge >= 0.3 is 0 Å². The van der Waals surface area contributed by atoms with Crippen molar-refractivity contribution in [2.24, 2.45) is 0 Å². The Kier molecular flexibility index (Phi) is 5.03. The van der Waals surface area contributed by atoms with Gasteiger partial charge in [0, 0.05) is 5.69 Å². The average Bonchev–Trinajstić information content (AvgIpc) is 3.36. The van der Waals surface area contributed by atoms with Crippen LogP contribution in [0.25, 0.3) is 0 Å². The maximum Gasteiger partial charge on any atom is 0.294 e. The van der Waals surface area contributed by atoms with Crippen LogP contribution in [0.4, 0.5) is 10.1 Å². The molecule has 1 aliphatic rings. The monoisotopic (exact) mass is 407 g/mol. The Morgan fingerprint density at radius 3 is 2.38 bits per heavy atom. The number of aliphatic hydroxyl groups excluding tert-OH is 1. The highest BCUT2D eigenvalue weighted by atomic mass is 32.1. The van der Waals surface area contributed by atoms with Crippen LogP contribution in [0.5, 0.6) is 0 Å². The van der Waals surface area contributed by atoms with Gasteiger partial charge in [-0.2, -0.15) is 0 Å². The normalized spacial score (nSPS) is 16.6. The quantitative estimate of drug-likeness (QED) is 0.589. The Labute approximate surface area is 171 Å². The number of thiophene rings is 1. The molecule has 2 heterocycles. The molecule has 1 atom stereocenters. The van der Waals surface area contributed by atoms with Crippen LogP contribution in [0.2, 0.25) is 0 Å². The number of Topliss-reactive ketones (excluding diaryl/α,β-unsaturated/α-hetero) is 1. The van der Waals surface area contributed by atoms with Crippen molar-refractivity contribution in [3.8, 4) is 0 Å². The lowest BCUT2D eigenvalue weighted by Crippen LogP contribution is -2.31. The highest BCUT2D eigenvalue weighted by Gasteiger charge is 2.44. The van der Waals surface area contributed by atoms with Crippen molar-refractivity contribution in [2.75, 3.05) is 4.90 Å². The number of aliphatic hydroxyl groups is 1. The van der Waals surface area contributed by atoms with Crippen LogP contribution in [0, 0.1) is 5.82 Å². The number of hydrogen-bond donors (Lipinski definition) is 1. The van der Waals surface area contributed by atoms with Gasteiger partial charge in [-0.3, -0.25) is 14.5 Å². The number of rotatable bonds is 5. The molecule has 1 unspecified atom stereocenters. The second kappa shape index (κ2) is 7.64. The summed E-state index contributed by atoms with van der Waals surface area (Å²) in [5.41, 5.74) is 2.21. The van der Waals surface area contributed by atoms with E-state index < -0.39 is 29.3 Å². The van der Waals surface area contributed by atoms with Crippen molar-refractivity contribution < 1.29 is 19.1 Å². The average molecular weight is 407 g/mol. The summed E-state index contributed by atoms with van der Waals surface area (Å²) in [5, 5.41) is 12.4. The smallest absolute Gasteiger partial charge is 0.294 e. The molecule has 0 saturated carbocycles. The van der Waals surface area contributed by atoms with E-state index in [0.29, 0.717) is 16.1 Å². The summed E-state index contributed by atoms with van der Waals surface area (Å²) in [5.74, 6) is -2.05. The Balaban J connectivity index is 1.85. The van der Waals surface area contributed by atoms with Gasteiger partial charge in [-0.05, 0) is 53.3 Å². The van der Waals surface area contributed by atoms with Crippen LogP contribution in [-0.2, 0) is 11.2 Å². The van der Waals surface area contributed by atoms with Crippen LogP contribution >= 0.6 is 11.3 Å². The largest absolute Gasteiger partial charge is 0.503 e. The van der Waals surface area contributed by atoms with E-state index in [9.17, 15) is 19.1 Å². The molecule has 4 nitrogen and oxygen atoms in total. The first-order valence-corrected chi connectivity index (χ1v) is 10.1. The van der Waals surface area contributed by atoms with Gasteiger partial charge in [0.2, 0.25) is 5.78 Å². The van der Waals surface area contributed by atoms with E-state index in [4.69, 9.17) is 0 Å². The zero-order valence-electron chi connectivity index (χ0n) is 15.6. The first-order chi connectivity index (χ1) is 14.0. The lowest BCUT2D eigenvalue weighted by molar-refractivity contribution is -0.117. The fourth-order valence-electron chi connectivity index (χ4n) is 3.50. The van der Waals surface area contributed by atoms with Gasteiger partial charge in [0.25, 0.3) is 5.91 Å². The van der Waals surface area contributed by atoms with Crippen LogP contribution in [0.1, 0.15) is 33.8 Å². The van der Waals surface area contributed by atoms with Crippen LogP contribution in [0.3, 0.4) is 0 Å². The Morgan fingerprint density at radius 1 is 1.10 bits per heavy atom. The van der Waals surface area contributed by atoms with E-state index in [2.05, 4.69) is 0 Å². The fraction of sp³-hybridized carbons (Fsp3) is 0.130. The number of carbonyl (C=O) groups excluding carboxylic acids is 2. The third-order valence-corrected chi connectivity index (χ3v) is 5.87. The summed E-state index contributed by atoms with van der Waals surface area (Å²) in [7, 11) is 0. The zero-order valence-corrected chi connectivity index (χ0v) is 16.4. The van der Waals surface area contributed by atoms with Crippen molar-refractivity contribution >= 4 is 28.7 Å². The number of hydrogen-bond acceptors (Lipinski definition) is 4. The Morgan fingerprint density at radius 2 is 1.79 bits per heavy atom. The van der Waals surface area contributed by atoms with E-state index in [-0.39, 0.29) is 5.57 Å². The van der Waals surface area contributed by atoms with Gasteiger partial charge in [-0.15, -0.1) is 11.3 Å². The molecule has 3 aromatic rings. The standard InChI is InChI=1S/C23H18FNO3S/c1-2-14-5-11-17(12-6-14)25-20(15-7-9-16(24)10-8-15)19(22(27)23(25)28)21(26)18-4-3-13-29-18/h3-13,20,27H,2H2,1H3. The van der Waals surface area contributed by atoms with Gasteiger partial charge in [0.05, 0.1) is 16.5 Å². The molecule has 29 heavy (non-hydrogen) atoms. The number of ketones is 1. The third-order valence-electron chi connectivity index (χ3n) is 5.01. The molecule has 4 rings (SSSR count). The Hall–Kier alpha value is -3.25. The van der Waals surface area contributed by atoms with Crippen molar-refractivity contribution in [1.82, 2.24) is 0 Å². The maximum atomic E-state index is 13.5. The molecular weight excluding hydrogens is 389 g/mol. The molecule has 6 heteroatoms. The first-order valence-electron chi connectivity index (χ1n) is 9.20. The molecule has 0 saturated heterocycles. The summed E-state index contributed by atoms with van der Waals surface area (Å²) >= 11 is 1.24. The highest BCUT2D eigenvalue weighted by molar-refractivity contribution is 7.12. The topological polar surface area (TPSA) is 57.6 Å². The minimum atomic E-state index is -0.842. The molecule has 146 valence electrons. The molecule has 1 amide bonds. The van der Waals surface area contributed by atoms with Gasteiger partial charge in [-0.1, -0.05) is 37.3 Å². The Bertz CT molecular complexity index is 1090. The number of amides is 1. The number of halogens is 1. The van der Waals surface area contributed by atoms with Crippen LogP contribution in [-0.4, -0.2) is 16.8 Å². The summed E-state index contributed by atoms with van der Waals surface area (Å²) in [6.45, 7) is 2.03. The lowest BCUT2D eigenvalue weighted by Gasteiger charge is -2.27. The molecule has 1 aromatic heterocycles. The molecular formula is C23H18FNO3S. The molecule has 0 aliphatic carbocycles. The molecule has 0 spiro atoms. The number of anilines is 1. The van der Waals surface area contributed by atoms with Gasteiger partial charge in [-0.25, -0.2) is 4.39 Å². The van der Waals surface area contributed by atoms with E-state index in [0.717, 1.165) is 12.0 Å². The van der Waals surface area contributed by atoms with Crippen LogP contribution in [0.15, 0.2) is 77.4 Å². The lowest BCUT2D eigenvalue weighted by atomic mass is 9.95. The highest BCUT2D eigenvalue weighted by Crippen LogP contribution is 2.42. The number of carbonyl (C=O) groups is 2. The van der Waals surface area contributed by atoms with Crippen molar-refractivity contribution in [1.29, 1.82) is 0 Å². The number of nitrogens with zero attached hydrogens (tertiary/aromatic N) is 1. The second-order valence-electron chi connectivity index (χ2n) is 6.72. The van der Waals surface area contributed by atoms with Crippen LogP contribution < -0.4 is 4.90 Å². The first kappa shape index (κ1) is 19.1. The summed E-state index contributed by atoms with van der Waals surface area (Å²) in [4.78, 5) is 27.9. The fourth-order valence-corrected chi connectivity index (χ4v) is 4.17. The molecule has 0 fully saturated rings. The SMILES string of the molecule is CCc1ccc(N2C(=O)C(O)=C(C(=O)c3cccs3)C2c2ccc(F)cc2)cc1. The molecule has 1 N–H and O–H groups in total. The van der Waals surface area contributed by atoms with Crippen molar-refractivity contribution in [3.05, 3.63) is 99.2 Å². The number of benzene rings is 2. The van der Waals surface area contributed by atoms with E-state index in [1.807, 2.05) is 19.1 Å². The zero-order chi connectivity index (χ0) is 20.5. The predicted molar refractivity (Wildman–Crippen MR) is 111 cm³/mol. The maximum absolute atomic E-state index is 13.5. The summed E-state index contributed by atoms with van der Waals surface area (Å²) < 4.78 is 13.5. The third kappa shape index (κ3) is 3.36. The minimum Gasteiger partial charge on any atom is -0.503 e. The molecule has 0 bridgehead atoms. The minimum absolute atomic E-state index is 0.00336. The van der Waals surface area contributed by atoms with Gasteiger partial charge in [0.15, 0.2) is 5.76 Å². The summed E-state index contributed by atoms with van der Waals surface area (Å²) in [6, 6.07) is 15.5.